The predicted molar refractivity (Wildman–Crippen MR) is 85.0 cm³/mol. The first-order chi connectivity index (χ1) is 9.65. The third kappa shape index (κ3) is 2.51. The molecule has 0 bridgehead atoms. The van der Waals surface area contributed by atoms with Gasteiger partial charge in [-0.1, -0.05) is 23.7 Å². The molecule has 0 fully saturated rings. The summed E-state index contributed by atoms with van der Waals surface area (Å²) in [5, 5.41) is 5.07. The molecule has 0 amide bonds. The summed E-state index contributed by atoms with van der Waals surface area (Å²) in [6.45, 7) is 0.597. The van der Waals surface area contributed by atoms with Crippen LogP contribution in [0, 0.1) is 0 Å². The number of para-hydroxylation sites is 1. The van der Waals surface area contributed by atoms with Gasteiger partial charge in [0, 0.05) is 23.1 Å². The van der Waals surface area contributed by atoms with Gasteiger partial charge in [-0.15, -0.1) is 0 Å². The molecule has 2 heterocycles. The van der Waals surface area contributed by atoms with Gasteiger partial charge in [0.2, 0.25) is 0 Å². The third-order valence-corrected chi connectivity index (χ3v) is 3.93. The fraction of sp³-hybridized carbons (Fsp3) is 0.143. The number of benzene rings is 1. The maximum Gasteiger partial charge on any atom is 0.128 e. The Bertz CT molecular complexity index is 769. The Hall–Kier alpha value is -1.59. The average Bonchev–Trinajstić information content (AvgIpc) is 2.76. The molecular weight excluding hydrogens is 340 g/mol. The van der Waals surface area contributed by atoms with Crippen molar-refractivity contribution in [3.63, 3.8) is 0 Å². The number of pyridine rings is 1. The Balaban J connectivity index is 1.89. The van der Waals surface area contributed by atoms with Gasteiger partial charge in [0.1, 0.15) is 11.0 Å². The minimum Gasteiger partial charge on any atom is -0.376 e. The smallest absolute Gasteiger partial charge is 0.128 e. The highest BCUT2D eigenvalue weighted by molar-refractivity contribution is 9.10. The summed E-state index contributed by atoms with van der Waals surface area (Å²) in [6, 6.07) is 8.10. The summed E-state index contributed by atoms with van der Waals surface area (Å²) in [6.07, 6.45) is 3.45. The molecule has 0 aliphatic heterocycles. The number of hydrogen-bond donors (Lipinski definition) is 1. The van der Waals surface area contributed by atoms with Crippen molar-refractivity contribution in [3.8, 4) is 0 Å². The molecule has 3 rings (SSSR count). The monoisotopic (exact) mass is 350 g/mol. The van der Waals surface area contributed by atoms with E-state index in [0.717, 1.165) is 26.9 Å². The Morgan fingerprint density at radius 3 is 2.90 bits per heavy atom. The summed E-state index contributed by atoms with van der Waals surface area (Å²) >= 11 is 9.41. The second-order valence-corrected chi connectivity index (χ2v) is 5.74. The van der Waals surface area contributed by atoms with E-state index in [4.69, 9.17) is 11.6 Å². The van der Waals surface area contributed by atoms with E-state index in [9.17, 15) is 0 Å². The summed E-state index contributed by atoms with van der Waals surface area (Å²) in [4.78, 5) is 8.72. The van der Waals surface area contributed by atoms with E-state index in [1.165, 1.54) is 0 Å². The summed E-state index contributed by atoms with van der Waals surface area (Å²) < 4.78 is 2.82. The summed E-state index contributed by atoms with van der Waals surface area (Å²) in [7, 11) is 1.89. The molecule has 2 aromatic heterocycles. The lowest BCUT2D eigenvalue weighted by molar-refractivity contribution is 0.814. The van der Waals surface area contributed by atoms with Crippen molar-refractivity contribution in [2.24, 2.45) is 7.05 Å². The number of aromatic nitrogens is 3. The molecule has 0 atom stereocenters. The zero-order chi connectivity index (χ0) is 14.1. The van der Waals surface area contributed by atoms with Gasteiger partial charge in [-0.05, 0) is 28.1 Å². The quantitative estimate of drug-likeness (QED) is 0.775. The van der Waals surface area contributed by atoms with Crippen LogP contribution in [0.4, 0.5) is 5.69 Å². The first-order valence-corrected chi connectivity index (χ1v) is 7.26. The van der Waals surface area contributed by atoms with Crippen molar-refractivity contribution in [2.75, 3.05) is 5.32 Å². The van der Waals surface area contributed by atoms with E-state index in [1.807, 2.05) is 35.9 Å². The number of rotatable bonds is 3. The van der Waals surface area contributed by atoms with Gasteiger partial charge in [0.25, 0.3) is 0 Å². The minimum absolute atomic E-state index is 0.597. The number of imidazole rings is 1. The molecule has 0 saturated carbocycles. The molecule has 1 N–H and O–H groups in total. The van der Waals surface area contributed by atoms with Crippen LogP contribution in [0.2, 0.25) is 5.15 Å². The van der Waals surface area contributed by atoms with Gasteiger partial charge in [-0.25, -0.2) is 4.98 Å². The predicted octanol–water partition coefficient (Wildman–Crippen LogP) is 4.00. The number of anilines is 1. The van der Waals surface area contributed by atoms with Crippen LogP contribution >= 0.6 is 27.5 Å². The number of hydrogen-bond acceptors (Lipinski definition) is 3. The van der Waals surface area contributed by atoms with Crippen LogP contribution in [0.3, 0.4) is 0 Å². The topological polar surface area (TPSA) is 42.7 Å². The second kappa shape index (κ2) is 5.42. The average molecular weight is 352 g/mol. The molecule has 20 heavy (non-hydrogen) atoms. The van der Waals surface area contributed by atoms with Crippen molar-refractivity contribution in [3.05, 3.63) is 52.1 Å². The van der Waals surface area contributed by atoms with Crippen LogP contribution in [-0.2, 0) is 13.6 Å². The van der Waals surface area contributed by atoms with Crippen molar-refractivity contribution in [1.29, 1.82) is 0 Å². The van der Waals surface area contributed by atoms with Gasteiger partial charge in [-0.3, -0.25) is 4.98 Å². The normalized spacial score (nSPS) is 10.9. The molecule has 0 aliphatic rings. The molecule has 0 unspecified atom stereocenters. The molecular formula is C14H12BrClN4. The number of nitrogens with one attached hydrogen (secondary N) is 1. The SMILES string of the molecule is Cn1c(Cl)cnc1CNc1cccc2cc(Br)cnc12. The van der Waals surface area contributed by atoms with Crippen molar-refractivity contribution >= 4 is 44.1 Å². The first kappa shape index (κ1) is 13.4. The largest absolute Gasteiger partial charge is 0.376 e. The van der Waals surface area contributed by atoms with Crippen LogP contribution in [0.1, 0.15) is 5.82 Å². The molecule has 0 aliphatic carbocycles. The van der Waals surface area contributed by atoms with Gasteiger partial charge < -0.3 is 9.88 Å². The van der Waals surface area contributed by atoms with Crippen molar-refractivity contribution in [1.82, 2.24) is 14.5 Å². The Kier molecular flexibility index (Phi) is 3.63. The van der Waals surface area contributed by atoms with E-state index in [-0.39, 0.29) is 0 Å². The minimum atomic E-state index is 0.597. The molecule has 1 aromatic carbocycles. The number of nitrogens with zero attached hydrogens (tertiary/aromatic N) is 3. The zero-order valence-electron chi connectivity index (χ0n) is 10.8. The first-order valence-electron chi connectivity index (χ1n) is 6.09. The maximum absolute atomic E-state index is 5.98. The Morgan fingerprint density at radius 2 is 2.15 bits per heavy atom. The molecule has 102 valence electrons. The standard InChI is InChI=1S/C14H12BrClN4/c1-20-12(16)7-18-13(20)8-17-11-4-2-3-9-5-10(15)6-19-14(9)11/h2-7,17H,8H2,1H3. The Labute approximate surface area is 129 Å². The van der Waals surface area contributed by atoms with E-state index < -0.39 is 0 Å². The molecule has 3 aromatic rings. The lowest BCUT2D eigenvalue weighted by atomic mass is 10.2. The lowest BCUT2D eigenvalue weighted by Gasteiger charge is -2.09. The molecule has 0 spiro atoms. The highest BCUT2D eigenvalue weighted by Gasteiger charge is 2.06. The fourth-order valence-corrected chi connectivity index (χ4v) is 2.53. The Morgan fingerprint density at radius 1 is 1.30 bits per heavy atom. The van der Waals surface area contributed by atoms with Gasteiger partial charge in [0.15, 0.2) is 0 Å². The van der Waals surface area contributed by atoms with E-state index >= 15 is 0 Å². The van der Waals surface area contributed by atoms with Gasteiger partial charge in [-0.2, -0.15) is 0 Å². The molecule has 0 radical (unpaired) electrons. The number of halogens is 2. The maximum atomic E-state index is 5.98. The zero-order valence-corrected chi connectivity index (χ0v) is 13.1. The molecule has 0 saturated heterocycles. The van der Waals surface area contributed by atoms with Crippen LogP contribution in [0.25, 0.3) is 10.9 Å². The highest BCUT2D eigenvalue weighted by atomic mass is 79.9. The van der Waals surface area contributed by atoms with Crippen LogP contribution in [0.5, 0.6) is 0 Å². The third-order valence-electron chi connectivity index (χ3n) is 3.14. The van der Waals surface area contributed by atoms with Crippen LogP contribution in [-0.4, -0.2) is 14.5 Å². The fourth-order valence-electron chi connectivity index (χ4n) is 2.04. The number of fused-ring (bicyclic) bond motifs is 1. The lowest BCUT2D eigenvalue weighted by Crippen LogP contribution is -2.06. The van der Waals surface area contributed by atoms with Gasteiger partial charge >= 0.3 is 0 Å². The van der Waals surface area contributed by atoms with Crippen molar-refractivity contribution < 1.29 is 0 Å². The van der Waals surface area contributed by atoms with E-state index in [1.54, 1.807) is 12.4 Å². The second-order valence-electron chi connectivity index (χ2n) is 4.44. The van der Waals surface area contributed by atoms with E-state index in [0.29, 0.717) is 11.7 Å². The highest BCUT2D eigenvalue weighted by Crippen LogP contribution is 2.24. The van der Waals surface area contributed by atoms with Gasteiger partial charge in [0.05, 0.1) is 23.9 Å². The van der Waals surface area contributed by atoms with Crippen molar-refractivity contribution in [2.45, 2.75) is 6.54 Å². The summed E-state index contributed by atoms with van der Waals surface area (Å²) in [5.41, 5.74) is 1.92. The molecule has 4 nitrogen and oxygen atoms in total. The van der Waals surface area contributed by atoms with Crippen LogP contribution in [0.15, 0.2) is 41.1 Å². The van der Waals surface area contributed by atoms with E-state index in [2.05, 4.69) is 31.2 Å². The summed E-state index contributed by atoms with van der Waals surface area (Å²) in [5.74, 6) is 0.879. The van der Waals surface area contributed by atoms with Crippen LogP contribution < -0.4 is 5.32 Å². The molecule has 6 heteroatoms.